The van der Waals surface area contributed by atoms with Gasteiger partial charge in [0.1, 0.15) is 5.58 Å². The Hall–Kier alpha value is -1.77. The van der Waals surface area contributed by atoms with Crippen LogP contribution in [0.2, 0.25) is 0 Å². The van der Waals surface area contributed by atoms with Crippen LogP contribution < -0.4 is 5.32 Å². The highest BCUT2D eigenvalue weighted by Crippen LogP contribution is 2.65. The number of benzene rings is 1. The van der Waals surface area contributed by atoms with Crippen LogP contribution in [-0.4, -0.2) is 11.9 Å². The fourth-order valence-corrected chi connectivity index (χ4v) is 5.04. The zero-order chi connectivity index (χ0) is 16.4. The molecule has 0 saturated heterocycles. The molecule has 0 unspecified atom stereocenters. The average molecular weight is 311 g/mol. The van der Waals surface area contributed by atoms with Crippen LogP contribution in [0, 0.1) is 23.7 Å². The van der Waals surface area contributed by atoms with E-state index in [4.69, 9.17) is 4.42 Å². The molecule has 0 aliphatic heterocycles. The quantitative estimate of drug-likeness (QED) is 0.874. The van der Waals surface area contributed by atoms with Gasteiger partial charge in [0.25, 0.3) is 5.91 Å². The molecule has 1 N–H and O–H groups in total. The van der Waals surface area contributed by atoms with Gasteiger partial charge in [0, 0.05) is 17.0 Å². The second kappa shape index (κ2) is 4.62. The SMILES string of the molecule is Cc1c(C(=O)N[C@H]2C[C@@H]3CC[C@@]2(C)C3(C)C)oc2ccccc12. The molecule has 1 aromatic heterocycles. The Balaban J connectivity index is 1.62. The molecule has 3 atom stereocenters. The lowest BCUT2D eigenvalue weighted by molar-refractivity contribution is 0.0802. The third kappa shape index (κ3) is 1.85. The first-order chi connectivity index (χ1) is 10.8. The number of furan rings is 1. The molecular weight excluding hydrogens is 286 g/mol. The summed E-state index contributed by atoms with van der Waals surface area (Å²) >= 11 is 0. The molecule has 3 nitrogen and oxygen atoms in total. The van der Waals surface area contributed by atoms with Crippen molar-refractivity contribution in [2.75, 3.05) is 0 Å². The molecule has 1 heterocycles. The summed E-state index contributed by atoms with van der Waals surface area (Å²) in [6.07, 6.45) is 3.59. The Labute approximate surface area is 137 Å². The number of nitrogens with one attached hydrogen (secondary N) is 1. The predicted molar refractivity (Wildman–Crippen MR) is 91.4 cm³/mol. The summed E-state index contributed by atoms with van der Waals surface area (Å²) in [4.78, 5) is 12.8. The molecule has 1 amide bonds. The molecule has 2 aromatic rings. The zero-order valence-electron chi connectivity index (χ0n) is 14.4. The van der Waals surface area contributed by atoms with Gasteiger partial charge in [-0.2, -0.15) is 0 Å². The van der Waals surface area contributed by atoms with Gasteiger partial charge in [0.15, 0.2) is 5.76 Å². The molecule has 1 aromatic carbocycles. The van der Waals surface area contributed by atoms with Crippen LogP contribution in [0.5, 0.6) is 0 Å². The Bertz CT molecular complexity index is 788. The molecule has 2 bridgehead atoms. The van der Waals surface area contributed by atoms with Crippen molar-refractivity contribution in [1.82, 2.24) is 5.32 Å². The number of para-hydroxylation sites is 1. The summed E-state index contributed by atoms with van der Waals surface area (Å²) in [7, 11) is 0. The van der Waals surface area contributed by atoms with Gasteiger partial charge in [0.05, 0.1) is 0 Å². The number of hydrogen-bond acceptors (Lipinski definition) is 2. The number of carbonyl (C=O) groups is 1. The lowest BCUT2D eigenvalue weighted by Gasteiger charge is -2.39. The second-order valence-corrected chi connectivity index (χ2v) is 8.19. The molecule has 122 valence electrons. The van der Waals surface area contributed by atoms with Gasteiger partial charge in [0.2, 0.25) is 0 Å². The van der Waals surface area contributed by atoms with Crippen LogP contribution in [0.25, 0.3) is 11.0 Å². The molecule has 2 saturated carbocycles. The summed E-state index contributed by atoms with van der Waals surface area (Å²) in [5.74, 6) is 1.12. The molecule has 0 spiro atoms. The van der Waals surface area contributed by atoms with E-state index in [2.05, 4.69) is 26.1 Å². The van der Waals surface area contributed by atoms with E-state index >= 15 is 0 Å². The molecule has 4 rings (SSSR count). The average Bonchev–Trinajstić information content (AvgIpc) is 3.03. The Kier molecular flexibility index (Phi) is 2.97. The number of aryl methyl sites for hydroxylation is 1. The minimum atomic E-state index is -0.0618. The molecule has 3 heteroatoms. The molecule has 2 aliphatic carbocycles. The minimum Gasteiger partial charge on any atom is -0.451 e. The monoisotopic (exact) mass is 311 g/mol. The van der Waals surface area contributed by atoms with Gasteiger partial charge in [-0.05, 0) is 49.0 Å². The van der Waals surface area contributed by atoms with E-state index < -0.39 is 0 Å². The highest BCUT2D eigenvalue weighted by atomic mass is 16.3. The van der Waals surface area contributed by atoms with Crippen LogP contribution in [0.4, 0.5) is 0 Å². The van der Waals surface area contributed by atoms with Crippen molar-refractivity contribution in [3.63, 3.8) is 0 Å². The molecule has 2 fully saturated rings. The fraction of sp³-hybridized carbons (Fsp3) is 0.550. The van der Waals surface area contributed by atoms with Gasteiger partial charge < -0.3 is 9.73 Å². The minimum absolute atomic E-state index is 0.0618. The summed E-state index contributed by atoms with van der Waals surface area (Å²) < 4.78 is 5.82. The maximum Gasteiger partial charge on any atom is 0.287 e. The predicted octanol–water partition coefficient (Wildman–Crippen LogP) is 4.69. The van der Waals surface area contributed by atoms with Gasteiger partial charge >= 0.3 is 0 Å². The molecular formula is C20H25NO2. The highest BCUT2D eigenvalue weighted by molar-refractivity contribution is 5.99. The van der Waals surface area contributed by atoms with Gasteiger partial charge in [-0.25, -0.2) is 0 Å². The Morgan fingerprint density at radius 2 is 2.00 bits per heavy atom. The van der Waals surface area contributed by atoms with Crippen LogP contribution in [0.1, 0.15) is 56.2 Å². The van der Waals surface area contributed by atoms with E-state index in [9.17, 15) is 4.79 Å². The van der Waals surface area contributed by atoms with Crippen molar-refractivity contribution in [2.45, 2.75) is 53.0 Å². The van der Waals surface area contributed by atoms with E-state index in [0.29, 0.717) is 11.2 Å². The standard InChI is InChI=1S/C20H25NO2/c1-12-14-7-5-6-8-15(14)23-17(12)18(22)21-16-11-13-9-10-20(16,4)19(13,2)3/h5-8,13,16H,9-11H2,1-4H3,(H,21,22)/t13-,16-,20+/m0/s1. The van der Waals surface area contributed by atoms with Crippen molar-refractivity contribution < 1.29 is 9.21 Å². The summed E-state index contributed by atoms with van der Waals surface area (Å²) in [5.41, 5.74) is 2.21. The smallest absolute Gasteiger partial charge is 0.287 e. The summed E-state index contributed by atoms with van der Waals surface area (Å²) in [6.45, 7) is 9.04. The van der Waals surface area contributed by atoms with Crippen molar-refractivity contribution in [2.24, 2.45) is 16.7 Å². The van der Waals surface area contributed by atoms with Crippen molar-refractivity contribution in [1.29, 1.82) is 0 Å². The number of carbonyl (C=O) groups excluding carboxylic acids is 1. The molecule has 0 radical (unpaired) electrons. The fourth-order valence-electron chi connectivity index (χ4n) is 5.04. The van der Waals surface area contributed by atoms with Crippen molar-refractivity contribution >= 4 is 16.9 Å². The third-order valence-corrected chi connectivity index (χ3v) is 7.15. The van der Waals surface area contributed by atoms with Crippen LogP contribution >= 0.6 is 0 Å². The van der Waals surface area contributed by atoms with Gasteiger partial charge in [-0.3, -0.25) is 4.79 Å². The molecule has 2 aliphatic rings. The number of amides is 1. The van der Waals surface area contributed by atoms with Gasteiger partial charge in [-0.15, -0.1) is 0 Å². The van der Waals surface area contributed by atoms with E-state index in [1.807, 2.05) is 31.2 Å². The number of hydrogen-bond donors (Lipinski definition) is 1. The summed E-state index contributed by atoms with van der Waals surface area (Å²) in [5, 5.41) is 4.32. The maximum atomic E-state index is 12.8. The maximum absolute atomic E-state index is 12.8. The van der Waals surface area contributed by atoms with Crippen molar-refractivity contribution in [3.8, 4) is 0 Å². The van der Waals surface area contributed by atoms with Gasteiger partial charge in [-0.1, -0.05) is 39.0 Å². The third-order valence-electron chi connectivity index (χ3n) is 7.15. The summed E-state index contributed by atoms with van der Waals surface area (Å²) in [6, 6.07) is 8.09. The van der Waals surface area contributed by atoms with E-state index in [1.165, 1.54) is 12.8 Å². The van der Waals surface area contributed by atoms with E-state index in [0.717, 1.165) is 28.9 Å². The lowest BCUT2D eigenvalue weighted by atomic mass is 9.69. The number of fused-ring (bicyclic) bond motifs is 3. The Morgan fingerprint density at radius 1 is 1.26 bits per heavy atom. The largest absolute Gasteiger partial charge is 0.451 e. The number of rotatable bonds is 2. The van der Waals surface area contributed by atoms with Crippen LogP contribution in [-0.2, 0) is 0 Å². The highest BCUT2D eigenvalue weighted by Gasteiger charge is 2.61. The van der Waals surface area contributed by atoms with Crippen LogP contribution in [0.3, 0.4) is 0 Å². The zero-order valence-corrected chi connectivity index (χ0v) is 14.4. The first-order valence-corrected chi connectivity index (χ1v) is 8.63. The van der Waals surface area contributed by atoms with Crippen molar-refractivity contribution in [3.05, 3.63) is 35.6 Å². The van der Waals surface area contributed by atoms with E-state index in [1.54, 1.807) is 0 Å². The van der Waals surface area contributed by atoms with E-state index in [-0.39, 0.29) is 17.4 Å². The topological polar surface area (TPSA) is 42.2 Å². The first-order valence-electron chi connectivity index (χ1n) is 8.63. The second-order valence-electron chi connectivity index (χ2n) is 8.19. The Morgan fingerprint density at radius 3 is 2.61 bits per heavy atom. The molecule has 23 heavy (non-hydrogen) atoms. The normalized spacial score (nSPS) is 31.7. The lowest BCUT2D eigenvalue weighted by Crippen LogP contribution is -2.46. The first kappa shape index (κ1) is 14.8. The van der Waals surface area contributed by atoms with Crippen LogP contribution in [0.15, 0.2) is 28.7 Å².